The first-order valence-corrected chi connectivity index (χ1v) is 6.72. The summed E-state index contributed by atoms with van der Waals surface area (Å²) in [5, 5.41) is 17.0. The minimum Gasteiger partial charge on any atom is -0.383 e. The molecule has 0 aromatic carbocycles. The van der Waals surface area contributed by atoms with Crippen molar-refractivity contribution < 1.29 is 9.90 Å². The van der Waals surface area contributed by atoms with E-state index in [1.54, 1.807) is 38.0 Å². The van der Waals surface area contributed by atoms with Crippen molar-refractivity contribution in [1.82, 2.24) is 15.1 Å². The van der Waals surface area contributed by atoms with Crippen LogP contribution in [0, 0.1) is 5.41 Å². The number of hydrogen-bond acceptors (Lipinski definition) is 3. The lowest BCUT2D eigenvalue weighted by Gasteiger charge is -2.23. The van der Waals surface area contributed by atoms with E-state index in [4.69, 9.17) is 23.2 Å². The van der Waals surface area contributed by atoms with Crippen molar-refractivity contribution in [1.29, 1.82) is 0 Å². The third-order valence-corrected chi connectivity index (χ3v) is 4.78. The Bertz CT molecular complexity index is 513. The summed E-state index contributed by atoms with van der Waals surface area (Å²) in [6.07, 6.45) is 3.70. The smallest absolute Gasteiger partial charge is 0.229 e. The van der Waals surface area contributed by atoms with Crippen LogP contribution in [0.5, 0.6) is 0 Å². The second kappa shape index (κ2) is 4.36. The zero-order valence-corrected chi connectivity index (χ0v) is 12.6. The van der Waals surface area contributed by atoms with Crippen LogP contribution in [-0.4, -0.2) is 31.7 Å². The number of nitrogens with one attached hydrogen (secondary N) is 1. The fraction of sp³-hybridized carbons (Fsp3) is 0.667. The van der Waals surface area contributed by atoms with Crippen molar-refractivity contribution in [2.24, 2.45) is 12.5 Å². The normalized spacial score (nSPS) is 27.7. The van der Waals surface area contributed by atoms with Gasteiger partial charge in [-0.1, -0.05) is 0 Å². The van der Waals surface area contributed by atoms with Crippen LogP contribution in [0.2, 0.25) is 0 Å². The highest BCUT2D eigenvalue weighted by atomic mass is 35.5. The molecule has 1 amide bonds. The number of aromatic nitrogens is 2. The van der Waals surface area contributed by atoms with Gasteiger partial charge in [-0.25, -0.2) is 0 Å². The zero-order chi connectivity index (χ0) is 14.5. The SMILES string of the molecule is Cn1cc(C(C)(O)CNC(=O)C2(C)CC2(Cl)Cl)cn1. The molecule has 1 saturated carbocycles. The van der Waals surface area contributed by atoms with Crippen LogP contribution in [0.15, 0.2) is 12.4 Å². The molecule has 5 nitrogen and oxygen atoms in total. The summed E-state index contributed by atoms with van der Waals surface area (Å²) in [5.74, 6) is -0.248. The molecule has 2 unspecified atom stereocenters. The summed E-state index contributed by atoms with van der Waals surface area (Å²) in [5.41, 5.74) is -1.32. The molecule has 1 heterocycles. The molecule has 106 valence electrons. The first kappa shape index (κ1) is 14.6. The average Bonchev–Trinajstić information content (AvgIpc) is 2.63. The lowest BCUT2D eigenvalue weighted by molar-refractivity contribution is -0.127. The molecule has 19 heavy (non-hydrogen) atoms. The predicted molar refractivity (Wildman–Crippen MR) is 72.9 cm³/mol. The lowest BCUT2D eigenvalue weighted by Crippen LogP contribution is -2.42. The van der Waals surface area contributed by atoms with Crippen LogP contribution in [0.25, 0.3) is 0 Å². The molecule has 1 aliphatic carbocycles. The molecule has 0 bridgehead atoms. The van der Waals surface area contributed by atoms with E-state index in [9.17, 15) is 9.90 Å². The molecule has 0 spiro atoms. The van der Waals surface area contributed by atoms with Gasteiger partial charge >= 0.3 is 0 Å². The maximum atomic E-state index is 12.0. The third-order valence-electron chi connectivity index (χ3n) is 3.68. The quantitative estimate of drug-likeness (QED) is 0.825. The molecule has 1 aliphatic rings. The molecule has 2 N–H and O–H groups in total. The van der Waals surface area contributed by atoms with Crippen molar-refractivity contribution in [3.05, 3.63) is 18.0 Å². The van der Waals surface area contributed by atoms with Gasteiger partial charge < -0.3 is 10.4 Å². The van der Waals surface area contributed by atoms with E-state index in [-0.39, 0.29) is 12.5 Å². The lowest BCUT2D eigenvalue weighted by atomic mass is 9.99. The molecule has 1 fully saturated rings. The van der Waals surface area contributed by atoms with E-state index >= 15 is 0 Å². The van der Waals surface area contributed by atoms with Crippen LogP contribution >= 0.6 is 23.2 Å². The monoisotopic (exact) mass is 305 g/mol. The van der Waals surface area contributed by atoms with Crippen molar-refractivity contribution >= 4 is 29.1 Å². The second-order valence-electron chi connectivity index (χ2n) is 5.57. The number of hydrogen-bond donors (Lipinski definition) is 2. The number of rotatable bonds is 4. The number of alkyl halides is 2. The van der Waals surface area contributed by atoms with Crippen molar-refractivity contribution in [2.45, 2.75) is 30.2 Å². The van der Waals surface area contributed by atoms with E-state index in [1.807, 2.05) is 0 Å². The summed E-state index contributed by atoms with van der Waals surface area (Å²) in [7, 11) is 1.76. The van der Waals surface area contributed by atoms with Gasteiger partial charge in [0.1, 0.15) is 9.93 Å². The van der Waals surface area contributed by atoms with Gasteiger partial charge in [0.15, 0.2) is 0 Å². The zero-order valence-electron chi connectivity index (χ0n) is 11.1. The highest BCUT2D eigenvalue weighted by Gasteiger charge is 2.67. The standard InChI is InChI=1S/C12H17Cl2N3O2/c1-10(6-12(10,13)14)9(18)15-7-11(2,19)8-4-16-17(3)5-8/h4-5,19H,6-7H2,1-3H3,(H,15,18). The van der Waals surface area contributed by atoms with E-state index < -0.39 is 15.3 Å². The van der Waals surface area contributed by atoms with Gasteiger partial charge in [0.05, 0.1) is 18.2 Å². The number of carbonyl (C=O) groups is 1. The minimum atomic E-state index is -1.18. The van der Waals surface area contributed by atoms with E-state index in [2.05, 4.69) is 10.4 Å². The van der Waals surface area contributed by atoms with Crippen molar-refractivity contribution in [3.63, 3.8) is 0 Å². The van der Waals surface area contributed by atoms with Gasteiger partial charge in [-0.2, -0.15) is 5.10 Å². The molecular weight excluding hydrogens is 289 g/mol. The van der Waals surface area contributed by atoms with Gasteiger partial charge in [-0.15, -0.1) is 23.2 Å². The Morgan fingerprint density at radius 1 is 1.68 bits per heavy atom. The largest absolute Gasteiger partial charge is 0.383 e. The summed E-state index contributed by atoms with van der Waals surface area (Å²) >= 11 is 11.9. The van der Waals surface area contributed by atoms with Gasteiger partial charge in [0.2, 0.25) is 5.91 Å². The van der Waals surface area contributed by atoms with Gasteiger partial charge in [0, 0.05) is 18.8 Å². The maximum absolute atomic E-state index is 12.0. The van der Waals surface area contributed by atoms with Crippen LogP contribution < -0.4 is 5.32 Å². The Labute approximate surface area is 121 Å². The van der Waals surface area contributed by atoms with Crippen LogP contribution in [0.1, 0.15) is 25.8 Å². The molecule has 0 saturated heterocycles. The summed E-state index contributed by atoms with van der Waals surface area (Å²) < 4.78 is 0.591. The highest BCUT2D eigenvalue weighted by Crippen LogP contribution is 2.63. The molecular formula is C12H17Cl2N3O2. The number of nitrogens with zero attached hydrogens (tertiary/aromatic N) is 2. The van der Waals surface area contributed by atoms with Crippen LogP contribution in [-0.2, 0) is 17.4 Å². The third kappa shape index (κ3) is 2.59. The topological polar surface area (TPSA) is 67.2 Å². The fourth-order valence-electron chi connectivity index (χ4n) is 1.90. The summed E-state index contributed by atoms with van der Waals surface area (Å²) in [6.45, 7) is 3.41. The molecule has 7 heteroatoms. The minimum absolute atomic E-state index is 0.0803. The molecule has 0 aliphatic heterocycles. The summed E-state index contributed by atoms with van der Waals surface area (Å²) in [4.78, 5) is 12.0. The highest BCUT2D eigenvalue weighted by molar-refractivity contribution is 6.53. The van der Waals surface area contributed by atoms with Crippen LogP contribution in [0.3, 0.4) is 0 Å². The molecule has 1 aromatic heterocycles. The van der Waals surface area contributed by atoms with E-state index in [0.717, 1.165) is 0 Å². The number of amides is 1. The second-order valence-corrected chi connectivity index (χ2v) is 7.06. The van der Waals surface area contributed by atoms with Crippen molar-refractivity contribution in [2.75, 3.05) is 6.54 Å². The first-order chi connectivity index (χ1) is 8.58. The average molecular weight is 306 g/mol. The number of aliphatic hydroxyl groups is 1. The number of halogens is 2. The Balaban J connectivity index is 1.97. The van der Waals surface area contributed by atoms with Gasteiger partial charge in [-0.3, -0.25) is 9.48 Å². The van der Waals surface area contributed by atoms with Gasteiger partial charge in [-0.05, 0) is 20.3 Å². The van der Waals surface area contributed by atoms with E-state index in [0.29, 0.717) is 12.0 Å². The molecule has 2 rings (SSSR count). The van der Waals surface area contributed by atoms with Gasteiger partial charge in [0.25, 0.3) is 0 Å². The van der Waals surface area contributed by atoms with Crippen molar-refractivity contribution in [3.8, 4) is 0 Å². The number of aryl methyl sites for hydroxylation is 1. The molecule has 2 atom stereocenters. The molecule has 0 radical (unpaired) electrons. The Kier molecular flexibility index (Phi) is 3.36. The first-order valence-electron chi connectivity index (χ1n) is 5.96. The summed E-state index contributed by atoms with van der Waals surface area (Å²) in [6, 6.07) is 0. The van der Waals surface area contributed by atoms with E-state index in [1.165, 1.54) is 0 Å². The predicted octanol–water partition coefficient (Wildman–Crippen LogP) is 1.33. The van der Waals surface area contributed by atoms with Crippen LogP contribution in [0.4, 0.5) is 0 Å². The maximum Gasteiger partial charge on any atom is 0.229 e. The molecule has 1 aromatic rings. The number of carbonyl (C=O) groups excluding carboxylic acids is 1. The Morgan fingerprint density at radius 3 is 2.68 bits per heavy atom. The Morgan fingerprint density at radius 2 is 2.26 bits per heavy atom. The Hall–Kier alpha value is -0.780. The fourth-order valence-corrected chi connectivity index (χ4v) is 2.60.